The number of esters is 2. The van der Waals surface area contributed by atoms with Crippen LogP contribution in [0.4, 0.5) is 0 Å². The molecule has 0 radical (unpaired) electrons. The highest BCUT2D eigenvalue weighted by Crippen LogP contribution is 2.16. The number of terminal acetylenes is 1. The molecule has 20 heavy (non-hydrogen) atoms. The van der Waals surface area contributed by atoms with Gasteiger partial charge in [-0.25, -0.2) is 9.59 Å². The maximum atomic E-state index is 12.0. The van der Waals surface area contributed by atoms with Gasteiger partial charge in [0.25, 0.3) is 0 Å². The van der Waals surface area contributed by atoms with Crippen LogP contribution in [0.15, 0.2) is 18.2 Å². The van der Waals surface area contributed by atoms with Crippen molar-refractivity contribution < 1.29 is 19.1 Å². The van der Waals surface area contributed by atoms with Gasteiger partial charge in [0.2, 0.25) is 0 Å². The van der Waals surface area contributed by atoms with E-state index in [-0.39, 0.29) is 23.3 Å². The first-order valence-corrected chi connectivity index (χ1v) is 6.37. The van der Waals surface area contributed by atoms with Gasteiger partial charge in [-0.15, -0.1) is 6.42 Å². The summed E-state index contributed by atoms with van der Waals surface area (Å²) in [6, 6.07) is 4.53. The zero-order chi connectivity index (χ0) is 15.3. The van der Waals surface area contributed by atoms with Crippen molar-refractivity contribution in [3.63, 3.8) is 0 Å². The molecule has 0 saturated heterocycles. The molecule has 106 valence electrons. The molecule has 0 spiro atoms. The molecule has 4 heteroatoms. The van der Waals surface area contributed by atoms with E-state index in [2.05, 4.69) is 5.92 Å². The van der Waals surface area contributed by atoms with Gasteiger partial charge in [0, 0.05) is 5.56 Å². The highest BCUT2D eigenvalue weighted by molar-refractivity contribution is 6.03. The number of benzene rings is 1. The summed E-state index contributed by atoms with van der Waals surface area (Å²) in [5, 5.41) is 0. The molecule has 0 heterocycles. The van der Waals surface area contributed by atoms with Crippen LogP contribution in [0.25, 0.3) is 0 Å². The Morgan fingerprint density at radius 1 is 1.00 bits per heavy atom. The molecule has 1 aromatic rings. The fraction of sp³-hybridized carbons (Fsp3) is 0.375. The van der Waals surface area contributed by atoms with Gasteiger partial charge in [0.15, 0.2) is 0 Å². The second kappa shape index (κ2) is 6.76. The molecular formula is C16H18O4. The van der Waals surface area contributed by atoms with Gasteiger partial charge in [-0.3, -0.25) is 0 Å². The maximum absolute atomic E-state index is 12.0. The summed E-state index contributed by atoms with van der Waals surface area (Å²) in [4.78, 5) is 24.0. The van der Waals surface area contributed by atoms with Gasteiger partial charge < -0.3 is 9.47 Å². The lowest BCUT2D eigenvalue weighted by Crippen LogP contribution is -2.19. The smallest absolute Gasteiger partial charge is 0.339 e. The van der Waals surface area contributed by atoms with Crippen LogP contribution >= 0.6 is 0 Å². The lowest BCUT2D eigenvalue weighted by molar-refractivity contribution is 0.0328. The van der Waals surface area contributed by atoms with Crippen LogP contribution in [-0.4, -0.2) is 24.1 Å². The van der Waals surface area contributed by atoms with Gasteiger partial charge in [-0.2, -0.15) is 0 Å². The first-order chi connectivity index (χ1) is 9.35. The van der Waals surface area contributed by atoms with Crippen molar-refractivity contribution in [3.05, 3.63) is 34.9 Å². The average molecular weight is 274 g/mol. The van der Waals surface area contributed by atoms with Crippen molar-refractivity contribution in [1.82, 2.24) is 0 Å². The monoisotopic (exact) mass is 274 g/mol. The first-order valence-electron chi connectivity index (χ1n) is 6.37. The summed E-state index contributed by atoms with van der Waals surface area (Å²) in [6.45, 7) is 6.93. The number of ether oxygens (including phenoxy) is 2. The molecule has 0 atom stereocenters. The number of hydrogen-bond acceptors (Lipinski definition) is 4. The molecule has 0 unspecified atom stereocenters. The molecule has 0 N–H and O–H groups in total. The van der Waals surface area contributed by atoms with Crippen molar-refractivity contribution in [2.24, 2.45) is 0 Å². The van der Waals surface area contributed by atoms with E-state index < -0.39 is 11.9 Å². The van der Waals surface area contributed by atoms with E-state index in [0.29, 0.717) is 5.56 Å². The van der Waals surface area contributed by atoms with Crippen LogP contribution < -0.4 is 0 Å². The van der Waals surface area contributed by atoms with Gasteiger partial charge in [-0.1, -0.05) is 5.92 Å². The summed E-state index contributed by atoms with van der Waals surface area (Å²) in [7, 11) is 0. The van der Waals surface area contributed by atoms with Crippen LogP contribution in [0.1, 0.15) is 54.0 Å². The Labute approximate surface area is 119 Å². The molecule has 0 aliphatic rings. The van der Waals surface area contributed by atoms with Crippen molar-refractivity contribution in [1.29, 1.82) is 0 Å². The molecule has 0 aromatic heterocycles. The first kappa shape index (κ1) is 15.8. The van der Waals surface area contributed by atoms with Crippen molar-refractivity contribution >= 4 is 11.9 Å². The molecule has 1 aromatic carbocycles. The summed E-state index contributed by atoms with van der Waals surface area (Å²) in [5.41, 5.74) is 0.782. The fourth-order valence-corrected chi connectivity index (χ4v) is 1.54. The number of carbonyl (C=O) groups is 2. The van der Waals surface area contributed by atoms with Crippen LogP contribution in [0.3, 0.4) is 0 Å². The van der Waals surface area contributed by atoms with Gasteiger partial charge in [0.1, 0.15) is 0 Å². The SMILES string of the molecule is C#Cc1ccc(C(=O)OC(C)C)c(C(=O)OC(C)C)c1. The van der Waals surface area contributed by atoms with Gasteiger partial charge in [0.05, 0.1) is 23.3 Å². The normalized spacial score (nSPS) is 10.2. The Morgan fingerprint density at radius 3 is 1.95 bits per heavy atom. The zero-order valence-electron chi connectivity index (χ0n) is 12.1. The molecule has 0 aliphatic heterocycles. The number of rotatable bonds is 4. The second-order valence-corrected chi connectivity index (χ2v) is 4.81. The molecule has 0 amide bonds. The molecule has 0 bridgehead atoms. The van der Waals surface area contributed by atoms with Crippen LogP contribution in [0.2, 0.25) is 0 Å². The van der Waals surface area contributed by atoms with Crippen molar-refractivity contribution in [2.45, 2.75) is 39.9 Å². The Balaban J connectivity index is 3.20. The Kier molecular flexibility index (Phi) is 5.33. The van der Waals surface area contributed by atoms with Gasteiger partial charge >= 0.3 is 11.9 Å². The fourth-order valence-electron chi connectivity index (χ4n) is 1.54. The van der Waals surface area contributed by atoms with E-state index in [1.807, 2.05) is 0 Å². The third-order valence-corrected chi connectivity index (χ3v) is 2.31. The van der Waals surface area contributed by atoms with E-state index in [9.17, 15) is 9.59 Å². The lowest BCUT2D eigenvalue weighted by atomic mass is 10.0. The van der Waals surface area contributed by atoms with E-state index >= 15 is 0 Å². The highest BCUT2D eigenvalue weighted by atomic mass is 16.5. The van der Waals surface area contributed by atoms with E-state index in [0.717, 1.165) is 0 Å². The third-order valence-electron chi connectivity index (χ3n) is 2.31. The molecule has 0 saturated carbocycles. The Hall–Kier alpha value is -2.28. The minimum atomic E-state index is -0.590. The summed E-state index contributed by atoms with van der Waals surface area (Å²) in [5.74, 6) is 1.26. The second-order valence-electron chi connectivity index (χ2n) is 4.81. The molecule has 0 fully saturated rings. The zero-order valence-corrected chi connectivity index (χ0v) is 12.1. The predicted molar refractivity (Wildman–Crippen MR) is 75.5 cm³/mol. The summed E-state index contributed by atoms with van der Waals surface area (Å²) < 4.78 is 10.2. The van der Waals surface area contributed by atoms with Crippen molar-refractivity contribution in [2.75, 3.05) is 0 Å². The Morgan fingerprint density at radius 2 is 1.50 bits per heavy atom. The molecule has 4 nitrogen and oxygen atoms in total. The Bertz CT molecular complexity index is 550. The van der Waals surface area contributed by atoms with Crippen LogP contribution in [0.5, 0.6) is 0 Å². The average Bonchev–Trinajstić information content (AvgIpc) is 2.36. The minimum Gasteiger partial charge on any atom is -0.459 e. The molecule has 0 aliphatic carbocycles. The van der Waals surface area contributed by atoms with Gasteiger partial charge in [-0.05, 0) is 45.9 Å². The molecule has 1 rings (SSSR count). The summed E-state index contributed by atoms with van der Waals surface area (Å²) >= 11 is 0. The quantitative estimate of drug-likeness (QED) is 0.626. The lowest BCUT2D eigenvalue weighted by Gasteiger charge is -2.13. The predicted octanol–water partition coefficient (Wildman–Crippen LogP) is 2.80. The minimum absolute atomic E-state index is 0.125. The van der Waals surface area contributed by atoms with E-state index in [1.54, 1.807) is 33.8 Å². The number of carbonyl (C=O) groups excluding carboxylic acids is 2. The van der Waals surface area contributed by atoms with E-state index in [1.165, 1.54) is 12.1 Å². The van der Waals surface area contributed by atoms with E-state index in [4.69, 9.17) is 15.9 Å². The largest absolute Gasteiger partial charge is 0.459 e. The standard InChI is InChI=1S/C16H18O4/c1-6-12-7-8-13(15(17)19-10(2)3)14(9-12)16(18)20-11(4)5/h1,7-11H,2-5H3. The topological polar surface area (TPSA) is 52.6 Å². The highest BCUT2D eigenvalue weighted by Gasteiger charge is 2.21. The van der Waals surface area contributed by atoms with Crippen LogP contribution in [-0.2, 0) is 9.47 Å². The van der Waals surface area contributed by atoms with Crippen LogP contribution in [0, 0.1) is 12.3 Å². The molecular weight excluding hydrogens is 256 g/mol. The maximum Gasteiger partial charge on any atom is 0.339 e. The van der Waals surface area contributed by atoms with Crippen molar-refractivity contribution in [3.8, 4) is 12.3 Å². The summed E-state index contributed by atoms with van der Waals surface area (Å²) in [6.07, 6.45) is 4.75. The third kappa shape index (κ3) is 4.13. The number of hydrogen-bond donors (Lipinski definition) is 0.